The molecule has 0 radical (unpaired) electrons. The molecular formula is C30H26FN3O4. The second kappa shape index (κ2) is 11.0. The van der Waals surface area contributed by atoms with Gasteiger partial charge < -0.3 is 18.8 Å². The summed E-state index contributed by atoms with van der Waals surface area (Å²) in [6.45, 7) is 2.07. The van der Waals surface area contributed by atoms with Crippen molar-refractivity contribution >= 4 is 5.91 Å². The number of furan rings is 1. The average Bonchev–Trinajstić information content (AvgIpc) is 3.57. The summed E-state index contributed by atoms with van der Waals surface area (Å²) in [5.74, 6) is 0.954. The largest absolute Gasteiger partial charge is 0.493 e. The van der Waals surface area contributed by atoms with E-state index >= 15 is 0 Å². The molecule has 0 fully saturated rings. The van der Waals surface area contributed by atoms with Gasteiger partial charge in [0.05, 0.1) is 49.0 Å². The molecule has 0 aliphatic rings. The van der Waals surface area contributed by atoms with Crippen molar-refractivity contribution in [3.05, 3.63) is 126 Å². The second-order valence-electron chi connectivity index (χ2n) is 8.59. The maximum Gasteiger partial charge on any atom is 0.257 e. The van der Waals surface area contributed by atoms with E-state index in [9.17, 15) is 9.18 Å². The molecule has 1 amide bonds. The maximum absolute atomic E-state index is 14.6. The van der Waals surface area contributed by atoms with Gasteiger partial charge in [0.25, 0.3) is 5.91 Å². The molecule has 0 N–H and O–H groups in total. The number of halogens is 1. The quantitative estimate of drug-likeness (QED) is 0.224. The van der Waals surface area contributed by atoms with Crippen LogP contribution in [0.25, 0.3) is 5.69 Å². The van der Waals surface area contributed by atoms with Crippen LogP contribution in [0, 0.1) is 12.7 Å². The van der Waals surface area contributed by atoms with Crippen molar-refractivity contribution in [2.75, 3.05) is 7.11 Å². The number of hydrogen-bond donors (Lipinski definition) is 0. The van der Waals surface area contributed by atoms with Crippen LogP contribution >= 0.6 is 0 Å². The van der Waals surface area contributed by atoms with Gasteiger partial charge in [0.2, 0.25) is 5.88 Å². The number of amides is 1. The van der Waals surface area contributed by atoms with E-state index in [1.165, 1.54) is 23.3 Å². The van der Waals surface area contributed by atoms with E-state index in [1.54, 1.807) is 48.2 Å². The van der Waals surface area contributed by atoms with Crippen molar-refractivity contribution in [2.24, 2.45) is 0 Å². The number of para-hydroxylation sites is 3. The fourth-order valence-electron chi connectivity index (χ4n) is 4.16. The third kappa shape index (κ3) is 5.15. The summed E-state index contributed by atoms with van der Waals surface area (Å²) in [6.07, 6.45) is 1.54. The minimum absolute atomic E-state index is 0.0284. The Bertz CT molecular complexity index is 1530. The van der Waals surface area contributed by atoms with Crippen molar-refractivity contribution in [3.63, 3.8) is 0 Å². The van der Waals surface area contributed by atoms with Gasteiger partial charge in [0, 0.05) is 0 Å². The third-order valence-corrected chi connectivity index (χ3v) is 6.08. The average molecular weight is 512 g/mol. The predicted molar refractivity (Wildman–Crippen MR) is 140 cm³/mol. The Hall–Kier alpha value is -4.85. The van der Waals surface area contributed by atoms with Crippen LogP contribution in [0.1, 0.15) is 27.4 Å². The first-order chi connectivity index (χ1) is 18.5. The lowest BCUT2D eigenvalue weighted by atomic mass is 10.1. The molecule has 0 bridgehead atoms. The summed E-state index contributed by atoms with van der Waals surface area (Å²) in [5, 5.41) is 4.75. The summed E-state index contributed by atoms with van der Waals surface area (Å²) in [4.78, 5) is 15.1. The summed E-state index contributed by atoms with van der Waals surface area (Å²) >= 11 is 0. The maximum atomic E-state index is 14.6. The molecule has 5 aromatic rings. The van der Waals surface area contributed by atoms with Crippen molar-refractivity contribution in [1.82, 2.24) is 14.7 Å². The first-order valence-electron chi connectivity index (χ1n) is 12.1. The Morgan fingerprint density at radius 1 is 0.921 bits per heavy atom. The Labute approximate surface area is 219 Å². The monoisotopic (exact) mass is 511 g/mol. The summed E-state index contributed by atoms with van der Waals surface area (Å²) in [6, 6.07) is 26.3. The number of carbonyl (C=O) groups excluding carboxylic acids is 1. The van der Waals surface area contributed by atoms with Crippen LogP contribution in [0.15, 0.2) is 102 Å². The van der Waals surface area contributed by atoms with Crippen molar-refractivity contribution < 1.29 is 23.1 Å². The van der Waals surface area contributed by atoms with Gasteiger partial charge in [0.1, 0.15) is 11.6 Å². The Balaban J connectivity index is 1.60. The highest BCUT2D eigenvalue weighted by Gasteiger charge is 2.27. The molecule has 5 rings (SSSR count). The van der Waals surface area contributed by atoms with E-state index in [-0.39, 0.29) is 18.7 Å². The first kappa shape index (κ1) is 24.8. The fourth-order valence-corrected chi connectivity index (χ4v) is 4.16. The van der Waals surface area contributed by atoms with E-state index in [2.05, 4.69) is 0 Å². The summed E-state index contributed by atoms with van der Waals surface area (Å²) in [5.41, 5.74) is 2.07. The van der Waals surface area contributed by atoms with E-state index in [0.29, 0.717) is 34.4 Å². The van der Waals surface area contributed by atoms with Gasteiger partial charge >= 0.3 is 0 Å². The number of methoxy groups -OCH3 is 1. The van der Waals surface area contributed by atoms with Gasteiger partial charge in [-0.2, -0.15) is 5.10 Å². The van der Waals surface area contributed by atoms with Crippen LogP contribution < -0.4 is 9.47 Å². The number of hydrogen-bond acceptors (Lipinski definition) is 5. The summed E-state index contributed by atoms with van der Waals surface area (Å²) in [7, 11) is 1.57. The molecule has 192 valence electrons. The smallest absolute Gasteiger partial charge is 0.257 e. The number of aromatic nitrogens is 2. The highest BCUT2D eigenvalue weighted by molar-refractivity contribution is 5.94. The number of aryl methyl sites for hydroxylation is 1. The Morgan fingerprint density at radius 3 is 2.34 bits per heavy atom. The Morgan fingerprint density at radius 2 is 1.63 bits per heavy atom. The summed E-state index contributed by atoms with van der Waals surface area (Å²) < 4.78 is 33.8. The van der Waals surface area contributed by atoms with Gasteiger partial charge in [-0.3, -0.25) is 4.79 Å². The molecule has 0 aliphatic carbocycles. The number of nitrogens with zero attached hydrogens (tertiary/aromatic N) is 3. The van der Waals surface area contributed by atoms with Crippen LogP contribution in [-0.4, -0.2) is 27.7 Å². The number of carbonyl (C=O) groups is 1. The van der Waals surface area contributed by atoms with Crippen molar-refractivity contribution in [2.45, 2.75) is 20.0 Å². The highest BCUT2D eigenvalue weighted by Crippen LogP contribution is 2.36. The van der Waals surface area contributed by atoms with Gasteiger partial charge in [-0.15, -0.1) is 0 Å². The molecule has 38 heavy (non-hydrogen) atoms. The van der Waals surface area contributed by atoms with E-state index in [4.69, 9.17) is 19.0 Å². The van der Waals surface area contributed by atoms with E-state index in [1.807, 2.05) is 49.4 Å². The first-order valence-corrected chi connectivity index (χ1v) is 12.1. The lowest BCUT2D eigenvalue weighted by Crippen LogP contribution is -2.31. The molecule has 0 spiro atoms. The van der Waals surface area contributed by atoms with Crippen molar-refractivity contribution in [1.29, 1.82) is 0 Å². The topological polar surface area (TPSA) is 69.7 Å². The molecule has 0 atom stereocenters. The van der Waals surface area contributed by atoms with Crippen LogP contribution in [0.3, 0.4) is 0 Å². The van der Waals surface area contributed by atoms with Gasteiger partial charge in [0.15, 0.2) is 11.5 Å². The van der Waals surface area contributed by atoms with Crippen LogP contribution in [0.5, 0.6) is 17.4 Å². The molecule has 0 aliphatic heterocycles. The zero-order chi connectivity index (χ0) is 26.5. The van der Waals surface area contributed by atoms with Crippen LogP contribution in [0.4, 0.5) is 4.39 Å². The zero-order valence-electron chi connectivity index (χ0n) is 21.0. The molecule has 2 aromatic heterocycles. The standard InChI is InChI=1S/C30H26FN3O4/c1-21-25(20-33(19-23-13-10-18-37-23)29(35)24-14-6-7-15-26(24)31)30(34(32-21)22-11-4-3-5-12-22)38-28-17-9-8-16-27(28)36-2/h3-18H,19-20H2,1-2H3. The minimum Gasteiger partial charge on any atom is -0.493 e. The molecule has 2 heterocycles. The predicted octanol–water partition coefficient (Wildman–Crippen LogP) is 6.56. The second-order valence-corrected chi connectivity index (χ2v) is 8.59. The molecule has 0 unspecified atom stereocenters. The third-order valence-electron chi connectivity index (χ3n) is 6.08. The molecule has 8 heteroatoms. The molecule has 0 saturated carbocycles. The lowest BCUT2D eigenvalue weighted by Gasteiger charge is -2.23. The Kier molecular flexibility index (Phi) is 7.21. The number of rotatable bonds is 9. The van der Waals surface area contributed by atoms with Crippen molar-refractivity contribution in [3.8, 4) is 23.1 Å². The molecule has 0 saturated heterocycles. The number of benzene rings is 3. The molecule has 7 nitrogen and oxygen atoms in total. The van der Waals surface area contributed by atoms with E-state index in [0.717, 1.165) is 5.69 Å². The molecule has 3 aromatic carbocycles. The van der Waals surface area contributed by atoms with Gasteiger partial charge in [-0.05, 0) is 55.5 Å². The van der Waals surface area contributed by atoms with Crippen LogP contribution in [-0.2, 0) is 13.1 Å². The SMILES string of the molecule is COc1ccccc1Oc1c(CN(Cc2ccco2)C(=O)c2ccccc2F)c(C)nn1-c1ccccc1. The molecular weight excluding hydrogens is 485 g/mol. The number of ether oxygens (including phenoxy) is 2. The zero-order valence-corrected chi connectivity index (χ0v) is 21.0. The van der Waals surface area contributed by atoms with Crippen LogP contribution in [0.2, 0.25) is 0 Å². The van der Waals surface area contributed by atoms with E-state index < -0.39 is 11.7 Å². The minimum atomic E-state index is -0.593. The van der Waals surface area contributed by atoms with Gasteiger partial charge in [-0.1, -0.05) is 42.5 Å². The highest BCUT2D eigenvalue weighted by atomic mass is 19.1. The normalized spacial score (nSPS) is 10.8. The fraction of sp³-hybridized carbons (Fsp3) is 0.133. The lowest BCUT2D eigenvalue weighted by molar-refractivity contribution is 0.0711. The van der Waals surface area contributed by atoms with Gasteiger partial charge in [-0.25, -0.2) is 9.07 Å².